The molecular weight excluding hydrogens is 456 g/mol. The van der Waals surface area contributed by atoms with Crippen molar-refractivity contribution in [1.82, 2.24) is 0 Å². The Bertz CT molecular complexity index is 1010. The van der Waals surface area contributed by atoms with Gasteiger partial charge in [-0.25, -0.2) is 0 Å². The highest BCUT2D eigenvalue weighted by Gasteiger charge is 2.73. The zero-order valence-corrected chi connectivity index (χ0v) is 23.3. The van der Waals surface area contributed by atoms with Crippen LogP contribution in [0.4, 0.5) is 0 Å². The Morgan fingerprint density at radius 2 is 1.64 bits per heavy atom. The number of allylic oxidation sites excluding steroid dienone is 2. The van der Waals surface area contributed by atoms with Gasteiger partial charge in [0, 0.05) is 23.2 Å². The number of carbonyl (C=O) groups excluding carboxylic acids is 2. The maximum atomic E-state index is 14.2. The van der Waals surface area contributed by atoms with Gasteiger partial charge in [-0.15, -0.1) is 0 Å². The van der Waals surface area contributed by atoms with Crippen molar-refractivity contribution in [2.24, 2.45) is 39.4 Å². The minimum absolute atomic E-state index is 0.0800. The third-order valence-electron chi connectivity index (χ3n) is 11.1. The van der Waals surface area contributed by atoms with E-state index in [0.29, 0.717) is 12.8 Å². The molecule has 3 saturated carbocycles. The predicted octanol–water partition coefficient (Wildman–Crippen LogP) is 3.75. The summed E-state index contributed by atoms with van der Waals surface area (Å²) in [5.74, 6) is -0.904. The maximum absolute atomic E-state index is 14.2. The second-order valence-electron chi connectivity index (χ2n) is 14.3. The van der Waals surface area contributed by atoms with E-state index < -0.39 is 51.0 Å². The third-order valence-corrected chi connectivity index (χ3v) is 11.1. The fraction of sp³-hybridized carbons (Fsp3) is 0.800. The Kier molecular flexibility index (Phi) is 6.21. The highest BCUT2D eigenvalue weighted by atomic mass is 16.3. The molecule has 0 aromatic rings. The van der Waals surface area contributed by atoms with Crippen molar-refractivity contribution in [3.05, 3.63) is 23.8 Å². The van der Waals surface area contributed by atoms with Gasteiger partial charge in [0.05, 0.1) is 17.3 Å². The third kappa shape index (κ3) is 3.65. The first-order valence-electron chi connectivity index (χ1n) is 13.5. The molecule has 6 nitrogen and oxygen atoms in total. The zero-order valence-electron chi connectivity index (χ0n) is 23.3. The fourth-order valence-corrected chi connectivity index (χ4v) is 9.22. The van der Waals surface area contributed by atoms with Crippen LogP contribution in [0.25, 0.3) is 0 Å². The van der Waals surface area contributed by atoms with E-state index in [0.717, 1.165) is 5.57 Å². The van der Waals surface area contributed by atoms with Crippen molar-refractivity contribution in [3.63, 3.8) is 0 Å². The largest absolute Gasteiger partial charge is 0.393 e. The van der Waals surface area contributed by atoms with Gasteiger partial charge in [-0.1, -0.05) is 44.6 Å². The number of ketones is 2. The summed E-state index contributed by atoms with van der Waals surface area (Å²) in [6.07, 6.45) is 5.55. The van der Waals surface area contributed by atoms with E-state index in [2.05, 4.69) is 19.9 Å². The van der Waals surface area contributed by atoms with Crippen LogP contribution in [0.3, 0.4) is 0 Å². The highest BCUT2D eigenvalue weighted by molar-refractivity contribution is 5.94. The van der Waals surface area contributed by atoms with Crippen molar-refractivity contribution in [1.29, 1.82) is 0 Å². The smallest absolute Gasteiger partial charge is 0.170 e. The van der Waals surface area contributed by atoms with Gasteiger partial charge in [0.2, 0.25) is 0 Å². The summed E-state index contributed by atoms with van der Waals surface area (Å²) in [5.41, 5.74) is -3.93. The SMILES string of the molecule is CC(C)(O)/C=C/C[C@@](C)(O)[C@H]1[C@H](O)C[C@@]2(C)[C@@H]3CC=C4[C@@H](C[C@H](O)C(=O)C4(C)C)[C@]3(C)C(=O)C[C@]12C. The first-order chi connectivity index (χ1) is 16.2. The number of hydrogen-bond acceptors (Lipinski definition) is 6. The molecule has 0 aliphatic heterocycles. The molecule has 0 spiro atoms. The molecule has 0 aromatic carbocycles. The van der Waals surface area contributed by atoms with E-state index in [1.54, 1.807) is 32.9 Å². The number of hydrogen-bond donors (Lipinski definition) is 4. The van der Waals surface area contributed by atoms with E-state index in [1.165, 1.54) is 0 Å². The summed E-state index contributed by atoms with van der Waals surface area (Å²) in [4.78, 5) is 27.0. The number of carbonyl (C=O) groups is 2. The van der Waals surface area contributed by atoms with Gasteiger partial charge in [0.1, 0.15) is 11.9 Å². The number of fused-ring (bicyclic) bond motifs is 5. The van der Waals surface area contributed by atoms with Gasteiger partial charge >= 0.3 is 0 Å². The van der Waals surface area contributed by atoms with Crippen molar-refractivity contribution in [2.75, 3.05) is 0 Å². The summed E-state index contributed by atoms with van der Waals surface area (Å²) in [6, 6.07) is 0. The molecule has 6 heteroatoms. The van der Waals surface area contributed by atoms with Crippen molar-refractivity contribution < 1.29 is 30.0 Å². The molecule has 3 fully saturated rings. The molecule has 0 bridgehead atoms. The van der Waals surface area contributed by atoms with Gasteiger partial charge in [-0.2, -0.15) is 0 Å². The quantitative estimate of drug-likeness (QED) is 0.435. The summed E-state index contributed by atoms with van der Waals surface area (Å²) in [6.45, 7) is 15.0. The molecule has 4 aliphatic rings. The number of aliphatic hydroxyl groups is 4. The van der Waals surface area contributed by atoms with Gasteiger partial charge in [0.15, 0.2) is 5.78 Å². The predicted molar refractivity (Wildman–Crippen MR) is 138 cm³/mol. The Morgan fingerprint density at radius 1 is 1.03 bits per heavy atom. The average Bonchev–Trinajstić information content (AvgIpc) is 2.91. The van der Waals surface area contributed by atoms with Crippen LogP contribution in [0.2, 0.25) is 0 Å². The van der Waals surface area contributed by atoms with E-state index in [4.69, 9.17) is 0 Å². The summed E-state index contributed by atoms with van der Waals surface area (Å²) >= 11 is 0. The summed E-state index contributed by atoms with van der Waals surface area (Å²) in [5, 5.41) is 43.9. The molecule has 0 radical (unpaired) electrons. The standard InChI is InChI=1S/C30H46O6/c1-25(2,35)12-9-13-29(7,36)23-20(32)15-27(5)21-11-10-17-18(14-19(31)24(34)26(17,3)4)30(21,8)22(33)16-28(23,27)6/h9-10,12,18-21,23,31-32,35-36H,11,13-16H2,1-8H3/b12-9+/t18-,19+,20-,21+,23+,27+,28-,29-,30+/m1/s1. The van der Waals surface area contributed by atoms with E-state index in [-0.39, 0.29) is 42.7 Å². The molecule has 4 aliphatic carbocycles. The minimum atomic E-state index is -1.27. The van der Waals surface area contributed by atoms with E-state index in [1.807, 2.05) is 20.8 Å². The van der Waals surface area contributed by atoms with Gasteiger partial charge in [-0.3, -0.25) is 9.59 Å². The molecule has 9 atom stereocenters. The first-order valence-corrected chi connectivity index (χ1v) is 13.5. The fourth-order valence-electron chi connectivity index (χ4n) is 9.22. The van der Waals surface area contributed by atoms with Crippen molar-refractivity contribution in [3.8, 4) is 0 Å². The van der Waals surface area contributed by atoms with Crippen molar-refractivity contribution >= 4 is 11.6 Å². The van der Waals surface area contributed by atoms with Crippen LogP contribution in [0.1, 0.15) is 87.5 Å². The molecule has 0 amide bonds. The lowest BCUT2D eigenvalue weighted by atomic mass is 9.38. The van der Waals surface area contributed by atoms with Gasteiger partial charge < -0.3 is 20.4 Å². The van der Waals surface area contributed by atoms with Crippen LogP contribution in [0, 0.1) is 39.4 Å². The van der Waals surface area contributed by atoms with Gasteiger partial charge in [0.25, 0.3) is 0 Å². The monoisotopic (exact) mass is 502 g/mol. The molecular formula is C30H46O6. The lowest BCUT2D eigenvalue weighted by Gasteiger charge is -2.64. The van der Waals surface area contributed by atoms with Crippen molar-refractivity contribution in [2.45, 2.75) is 111 Å². The highest BCUT2D eigenvalue weighted by Crippen LogP contribution is 2.74. The topological polar surface area (TPSA) is 115 Å². The molecule has 0 unspecified atom stereocenters. The van der Waals surface area contributed by atoms with E-state index in [9.17, 15) is 30.0 Å². The van der Waals surface area contributed by atoms with E-state index >= 15 is 0 Å². The number of Topliss-reactive ketones (excluding diaryl/α,β-unsaturated/α-hetero) is 2. The first kappa shape index (κ1) is 27.7. The number of rotatable bonds is 4. The van der Waals surface area contributed by atoms with Crippen LogP contribution in [0.5, 0.6) is 0 Å². The van der Waals surface area contributed by atoms with Crippen LogP contribution < -0.4 is 0 Å². The molecule has 0 heterocycles. The Balaban J connectivity index is 1.77. The Hall–Kier alpha value is -1.34. The lowest BCUT2D eigenvalue weighted by molar-refractivity contribution is -0.182. The minimum Gasteiger partial charge on any atom is -0.393 e. The summed E-state index contributed by atoms with van der Waals surface area (Å²) < 4.78 is 0. The maximum Gasteiger partial charge on any atom is 0.170 e. The molecule has 4 N–H and O–H groups in total. The average molecular weight is 503 g/mol. The zero-order chi connectivity index (χ0) is 27.3. The molecule has 0 saturated heterocycles. The normalized spacial score (nSPS) is 46.1. The molecule has 0 aromatic heterocycles. The lowest BCUT2D eigenvalue weighted by Crippen LogP contribution is -2.64. The second-order valence-corrected chi connectivity index (χ2v) is 14.3. The molecule has 36 heavy (non-hydrogen) atoms. The van der Waals surface area contributed by atoms with Crippen LogP contribution >= 0.6 is 0 Å². The van der Waals surface area contributed by atoms with Crippen LogP contribution in [-0.2, 0) is 9.59 Å². The van der Waals surface area contributed by atoms with Crippen LogP contribution in [0.15, 0.2) is 23.8 Å². The van der Waals surface area contributed by atoms with Gasteiger partial charge in [-0.05, 0) is 83.0 Å². The molecule has 4 rings (SSSR count). The second kappa shape index (κ2) is 8.08. The molecule has 202 valence electrons. The van der Waals surface area contributed by atoms with Crippen LogP contribution in [-0.4, -0.2) is 55.4 Å². The number of aliphatic hydroxyl groups excluding tert-OH is 2. The Labute approximate surface area is 215 Å². The Morgan fingerprint density at radius 3 is 2.22 bits per heavy atom. The summed E-state index contributed by atoms with van der Waals surface area (Å²) in [7, 11) is 0.